The van der Waals surface area contributed by atoms with E-state index < -0.39 is 0 Å². The lowest BCUT2D eigenvalue weighted by Crippen LogP contribution is -2.42. The molecule has 4 nitrogen and oxygen atoms in total. The molecule has 1 aromatic heterocycles. The molecule has 0 aromatic carbocycles. The summed E-state index contributed by atoms with van der Waals surface area (Å²) in [5, 5.41) is 3.60. The van der Waals surface area contributed by atoms with Gasteiger partial charge in [0.25, 0.3) is 0 Å². The van der Waals surface area contributed by atoms with E-state index in [-0.39, 0.29) is 5.54 Å². The smallest absolute Gasteiger partial charge is 0.0951 e. The lowest BCUT2D eigenvalue weighted by molar-refractivity contribution is 0.171. The van der Waals surface area contributed by atoms with E-state index in [9.17, 15) is 0 Å². The normalized spacial score (nSPS) is 29.8. The molecule has 1 aromatic rings. The Hall–Kier alpha value is -0.870. The fourth-order valence-corrected chi connectivity index (χ4v) is 2.26. The molecule has 1 atom stereocenters. The topological polar surface area (TPSA) is 39.1 Å². The van der Waals surface area contributed by atoms with Gasteiger partial charge in [0.2, 0.25) is 0 Å². The zero-order valence-corrected chi connectivity index (χ0v) is 9.78. The molecule has 88 valence electrons. The van der Waals surface area contributed by atoms with Gasteiger partial charge in [0.05, 0.1) is 18.6 Å². The molecular weight excluding hydrogens is 202 g/mol. The minimum absolute atomic E-state index is 0.151. The van der Waals surface area contributed by atoms with Crippen molar-refractivity contribution in [2.45, 2.75) is 44.3 Å². The maximum Gasteiger partial charge on any atom is 0.0951 e. The molecule has 1 unspecified atom stereocenters. The first-order chi connectivity index (χ1) is 7.77. The highest BCUT2D eigenvalue weighted by Gasteiger charge is 2.30. The minimum Gasteiger partial charge on any atom is -0.379 e. The molecule has 0 bridgehead atoms. The first kappa shape index (κ1) is 10.3. The quantitative estimate of drug-likeness (QED) is 0.837. The SMILES string of the molecule is CC1(NCc2cncn2C2CC2)CCOC1. The Balaban J connectivity index is 1.63. The Labute approximate surface area is 96.0 Å². The molecule has 16 heavy (non-hydrogen) atoms. The molecule has 1 saturated carbocycles. The summed E-state index contributed by atoms with van der Waals surface area (Å²) < 4.78 is 7.75. The number of hydrogen-bond donors (Lipinski definition) is 1. The number of nitrogens with zero attached hydrogens (tertiary/aromatic N) is 2. The molecule has 0 radical (unpaired) electrons. The third-order valence-corrected chi connectivity index (χ3v) is 3.60. The number of ether oxygens (including phenoxy) is 1. The van der Waals surface area contributed by atoms with Gasteiger partial charge in [0.1, 0.15) is 0 Å². The van der Waals surface area contributed by atoms with Gasteiger partial charge in [-0.3, -0.25) is 0 Å². The Kier molecular flexibility index (Phi) is 2.48. The summed E-state index contributed by atoms with van der Waals surface area (Å²) in [6.45, 7) is 4.84. The van der Waals surface area contributed by atoms with E-state index in [2.05, 4.69) is 21.8 Å². The second-order valence-corrected chi connectivity index (χ2v) is 5.24. The average molecular weight is 221 g/mol. The highest BCUT2D eigenvalue weighted by atomic mass is 16.5. The van der Waals surface area contributed by atoms with Crippen LogP contribution in [0.5, 0.6) is 0 Å². The van der Waals surface area contributed by atoms with E-state index >= 15 is 0 Å². The van der Waals surface area contributed by atoms with Gasteiger partial charge in [-0.1, -0.05) is 0 Å². The fourth-order valence-electron chi connectivity index (χ4n) is 2.26. The Bertz CT molecular complexity index is 364. The molecule has 2 heterocycles. The first-order valence-electron chi connectivity index (χ1n) is 6.10. The van der Waals surface area contributed by atoms with Gasteiger partial charge in [0, 0.05) is 30.9 Å². The minimum atomic E-state index is 0.151. The summed E-state index contributed by atoms with van der Waals surface area (Å²) in [7, 11) is 0. The van der Waals surface area contributed by atoms with E-state index in [1.807, 2.05) is 12.5 Å². The van der Waals surface area contributed by atoms with Crippen LogP contribution in [0.25, 0.3) is 0 Å². The van der Waals surface area contributed by atoms with Crippen LogP contribution >= 0.6 is 0 Å². The van der Waals surface area contributed by atoms with Crippen LogP contribution in [0, 0.1) is 0 Å². The van der Waals surface area contributed by atoms with Gasteiger partial charge in [0.15, 0.2) is 0 Å². The van der Waals surface area contributed by atoms with Crippen molar-refractivity contribution >= 4 is 0 Å². The predicted molar refractivity (Wildman–Crippen MR) is 61.2 cm³/mol. The van der Waals surface area contributed by atoms with Gasteiger partial charge in [-0.05, 0) is 26.2 Å². The van der Waals surface area contributed by atoms with E-state index in [1.165, 1.54) is 18.5 Å². The number of rotatable bonds is 4. The van der Waals surface area contributed by atoms with Crippen molar-refractivity contribution in [2.75, 3.05) is 13.2 Å². The Morgan fingerprint density at radius 2 is 2.50 bits per heavy atom. The van der Waals surface area contributed by atoms with Gasteiger partial charge in [-0.15, -0.1) is 0 Å². The highest BCUT2D eigenvalue weighted by Crippen LogP contribution is 2.35. The third-order valence-electron chi connectivity index (χ3n) is 3.60. The molecule has 2 fully saturated rings. The number of imidazole rings is 1. The summed E-state index contributed by atoms with van der Waals surface area (Å²) in [4.78, 5) is 4.24. The summed E-state index contributed by atoms with van der Waals surface area (Å²) in [6.07, 6.45) is 7.66. The summed E-state index contributed by atoms with van der Waals surface area (Å²) in [5.74, 6) is 0. The van der Waals surface area contributed by atoms with Crippen molar-refractivity contribution in [2.24, 2.45) is 0 Å². The van der Waals surface area contributed by atoms with Crippen molar-refractivity contribution in [1.82, 2.24) is 14.9 Å². The fraction of sp³-hybridized carbons (Fsp3) is 0.750. The summed E-state index contributed by atoms with van der Waals surface area (Å²) >= 11 is 0. The van der Waals surface area contributed by atoms with Crippen LogP contribution in [0.4, 0.5) is 0 Å². The van der Waals surface area contributed by atoms with Crippen molar-refractivity contribution in [3.63, 3.8) is 0 Å². The third kappa shape index (κ3) is 1.99. The second kappa shape index (κ2) is 3.86. The summed E-state index contributed by atoms with van der Waals surface area (Å²) in [5.41, 5.74) is 1.45. The maximum absolute atomic E-state index is 5.44. The average Bonchev–Trinajstić information content (AvgIpc) is 2.86. The van der Waals surface area contributed by atoms with E-state index in [4.69, 9.17) is 4.74 Å². The lowest BCUT2D eigenvalue weighted by atomic mass is 10.0. The van der Waals surface area contributed by atoms with Crippen LogP contribution in [0.2, 0.25) is 0 Å². The number of aromatic nitrogens is 2. The van der Waals surface area contributed by atoms with Gasteiger partial charge >= 0.3 is 0 Å². The standard InChI is InChI=1S/C12H19N3O/c1-12(4-5-16-8-12)14-7-11-6-13-9-15(11)10-2-3-10/h6,9-10,14H,2-5,7-8H2,1H3. The molecule has 1 aliphatic heterocycles. The molecule has 1 N–H and O–H groups in total. The number of nitrogens with one attached hydrogen (secondary N) is 1. The van der Waals surface area contributed by atoms with Gasteiger partial charge in [-0.2, -0.15) is 0 Å². The highest BCUT2D eigenvalue weighted by molar-refractivity contribution is 5.04. The molecule has 4 heteroatoms. The summed E-state index contributed by atoms with van der Waals surface area (Å²) in [6, 6.07) is 0.715. The van der Waals surface area contributed by atoms with Crippen LogP contribution in [-0.4, -0.2) is 28.3 Å². The Morgan fingerprint density at radius 1 is 1.62 bits per heavy atom. The van der Waals surface area contributed by atoms with E-state index in [1.54, 1.807) is 0 Å². The maximum atomic E-state index is 5.44. The monoisotopic (exact) mass is 221 g/mol. The van der Waals surface area contributed by atoms with Crippen LogP contribution in [-0.2, 0) is 11.3 Å². The van der Waals surface area contributed by atoms with E-state index in [0.717, 1.165) is 26.2 Å². The number of hydrogen-bond acceptors (Lipinski definition) is 3. The van der Waals surface area contributed by atoms with Gasteiger partial charge in [-0.25, -0.2) is 4.98 Å². The molecule has 1 aliphatic carbocycles. The van der Waals surface area contributed by atoms with Crippen molar-refractivity contribution in [1.29, 1.82) is 0 Å². The molecular formula is C12H19N3O. The van der Waals surface area contributed by atoms with Crippen LogP contribution in [0.15, 0.2) is 12.5 Å². The van der Waals surface area contributed by atoms with Crippen LogP contribution in [0.3, 0.4) is 0 Å². The molecule has 0 amide bonds. The molecule has 2 aliphatic rings. The van der Waals surface area contributed by atoms with Crippen LogP contribution in [0.1, 0.15) is 37.9 Å². The first-order valence-corrected chi connectivity index (χ1v) is 6.10. The van der Waals surface area contributed by atoms with Crippen molar-refractivity contribution in [3.05, 3.63) is 18.2 Å². The second-order valence-electron chi connectivity index (χ2n) is 5.24. The zero-order valence-electron chi connectivity index (χ0n) is 9.78. The molecule has 0 spiro atoms. The Morgan fingerprint density at radius 3 is 3.19 bits per heavy atom. The van der Waals surface area contributed by atoms with E-state index in [0.29, 0.717) is 6.04 Å². The van der Waals surface area contributed by atoms with Crippen molar-refractivity contribution < 1.29 is 4.74 Å². The van der Waals surface area contributed by atoms with Crippen LogP contribution < -0.4 is 5.32 Å². The molecule has 3 rings (SSSR count). The lowest BCUT2D eigenvalue weighted by Gasteiger charge is -2.23. The van der Waals surface area contributed by atoms with Gasteiger partial charge < -0.3 is 14.6 Å². The predicted octanol–water partition coefficient (Wildman–Crippen LogP) is 1.49. The molecule has 1 saturated heterocycles. The zero-order chi connectivity index (χ0) is 11.0. The largest absolute Gasteiger partial charge is 0.379 e. The van der Waals surface area contributed by atoms with Crippen molar-refractivity contribution in [3.8, 4) is 0 Å².